The summed E-state index contributed by atoms with van der Waals surface area (Å²) in [7, 11) is 0. The maximum atomic E-state index is 13.0. The SMILES string of the molecule is Cc1ccc(OCC(=O)NCC2(c3ccc(F)cc3)CC2)cc1. The molecule has 120 valence electrons. The van der Waals surface area contributed by atoms with Gasteiger partial charge in [0.1, 0.15) is 11.6 Å². The van der Waals surface area contributed by atoms with E-state index in [1.165, 1.54) is 12.1 Å². The molecule has 1 amide bonds. The van der Waals surface area contributed by atoms with Gasteiger partial charge in [-0.25, -0.2) is 4.39 Å². The maximum Gasteiger partial charge on any atom is 0.257 e. The van der Waals surface area contributed by atoms with Gasteiger partial charge < -0.3 is 10.1 Å². The third-order valence-electron chi connectivity index (χ3n) is 4.33. The average Bonchev–Trinajstić information content (AvgIpc) is 3.34. The van der Waals surface area contributed by atoms with Crippen LogP contribution in [0.3, 0.4) is 0 Å². The van der Waals surface area contributed by atoms with Gasteiger partial charge in [-0.05, 0) is 49.6 Å². The number of carbonyl (C=O) groups excluding carboxylic acids is 1. The summed E-state index contributed by atoms with van der Waals surface area (Å²) in [4.78, 5) is 11.9. The lowest BCUT2D eigenvalue weighted by molar-refractivity contribution is -0.123. The largest absolute Gasteiger partial charge is 0.484 e. The molecule has 0 saturated heterocycles. The number of amides is 1. The van der Waals surface area contributed by atoms with Gasteiger partial charge in [0.25, 0.3) is 5.91 Å². The fraction of sp³-hybridized carbons (Fsp3) is 0.316. The molecule has 3 rings (SSSR count). The summed E-state index contributed by atoms with van der Waals surface area (Å²) in [6, 6.07) is 14.1. The molecule has 3 nitrogen and oxygen atoms in total. The summed E-state index contributed by atoms with van der Waals surface area (Å²) in [5.74, 6) is 0.310. The minimum Gasteiger partial charge on any atom is -0.484 e. The molecule has 0 heterocycles. The highest BCUT2D eigenvalue weighted by atomic mass is 19.1. The van der Waals surface area contributed by atoms with Gasteiger partial charge in [-0.15, -0.1) is 0 Å². The van der Waals surface area contributed by atoms with Crippen LogP contribution in [0.15, 0.2) is 48.5 Å². The van der Waals surface area contributed by atoms with Crippen LogP contribution in [0.5, 0.6) is 5.75 Å². The number of halogens is 1. The maximum absolute atomic E-state index is 13.0. The van der Waals surface area contributed by atoms with Gasteiger partial charge in [0.2, 0.25) is 0 Å². The molecular weight excluding hydrogens is 293 g/mol. The number of hydrogen-bond acceptors (Lipinski definition) is 2. The first-order valence-electron chi connectivity index (χ1n) is 7.80. The Morgan fingerprint density at radius 2 is 1.78 bits per heavy atom. The lowest BCUT2D eigenvalue weighted by atomic mass is 9.96. The fourth-order valence-electron chi connectivity index (χ4n) is 2.62. The Bertz CT molecular complexity index is 676. The number of carbonyl (C=O) groups is 1. The number of benzene rings is 2. The van der Waals surface area contributed by atoms with Crippen LogP contribution >= 0.6 is 0 Å². The summed E-state index contributed by atoms with van der Waals surface area (Å²) in [6.07, 6.45) is 2.02. The first-order valence-corrected chi connectivity index (χ1v) is 7.80. The first kappa shape index (κ1) is 15.5. The van der Waals surface area contributed by atoms with E-state index in [1.807, 2.05) is 31.2 Å². The second-order valence-electron chi connectivity index (χ2n) is 6.17. The summed E-state index contributed by atoms with van der Waals surface area (Å²) < 4.78 is 18.5. The van der Waals surface area contributed by atoms with Crippen molar-refractivity contribution in [3.8, 4) is 5.75 Å². The Morgan fingerprint density at radius 1 is 1.13 bits per heavy atom. The Morgan fingerprint density at radius 3 is 2.39 bits per heavy atom. The van der Waals surface area contributed by atoms with Crippen molar-refractivity contribution in [1.29, 1.82) is 0 Å². The Kier molecular flexibility index (Phi) is 4.33. The van der Waals surface area contributed by atoms with Crippen molar-refractivity contribution < 1.29 is 13.9 Å². The molecule has 1 fully saturated rings. The second kappa shape index (κ2) is 6.41. The van der Waals surface area contributed by atoms with Crippen LogP contribution in [0.2, 0.25) is 0 Å². The molecular formula is C19H20FNO2. The molecule has 2 aromatic rings. The zero-order chi connectivity index (χ0) is 16.3. The van der Waals surface area contributed by atoms with Gasteiger partial charge in [0, 0.05) is 12.0 Å². The molecule has 1 aliphatic carbocycles. The predicted molar refractivity (Wildman–Crippen MR) is 87.0 cm³/mol. The number of ether oxygens (including phenoxy) is 1. The van der Waals surface area contributed by atoms with Crippen LogP contribution in [0, 0.1) is 12.7 Å². The first-order chi connectivity index (χ1) is 11.1. The average molecular weight is 313 g/mol. The van der Waals surface area contributed by atoms with E-state index >= 15 is 0 Å². The van der Waals surface area contributed by atoms with E-state index in [0.29, 0.717) is 12.3 Å². The van der Waals surface area contributed by atoms with Gasteiger partial charge in [-0.1, -0.05) is 29.8 Å². The van der Waals surface area contributed by atoms with Crippen LogP contribution in [0.25, 0.3) is 0 Å². The molecule has 0 atom stereocenters. The molecule has 0 unspecified atom stereocenters. The zero-order valence-corrected chi connectivity index (χ0v) is 13.1. The summed E-state index contributed by atoms with van der Waals surface area (Å²) >= 11 is 0. The van der Waals surface area contributed by atoms with Gasteiger partial charge in [0.15, 0.2) is 6.61 Å². The summed E-state index contributed by atoms with van der Waals surface area (Å²) in [5, 5.41) is 2.92. The van der Waals surface area contributed by atoms with Gasteiger partial charge in [0.05, 0.1) is 0 Å². The van der Waals surface area contributed by atoms with Gasteiger partial charge in [-0.2, -0.15) is 0 Å². The highest BCUT2D eigenvalue weighted by molar-refractivity contribution is 5.77. The van der Waals surface area contributed by atoms with Gasteiger partial charge >= 0.3 is 0 Å². The summed E-state index contributed by atoms with van der Waals surface area (Å²) in [5.41, 5.74) is 2.20. The molecule has 0 spiro atoms. The number of aryl methyl sites for hydroxylation is 1. The smallest absolute Gasteiger partial charge is 0.257 e. The molecule has 0 aromatic heterocycles. The Hall–Kier alpha value is -2.36. The Balaban J connectivity index is 1.49. The van der Waals surface area contributed by atoms with E-state index < -0.39 is 0 Å². The normalized spacial score (nSPS) is 15.0. The van der Waals surface area contributed by atoms with Crippen LogP contribution in [0.4, 0.5) is 4.39 Å². The molecule has 23 heavy (non-hydrogen) atoms. The summed E-state index contributed by atoms with van der Waals surface area (Å²) in [6.45, 7) is 2.57. The highest BCUT2D eigenvalue weighted by Gasteiger charge is 2.44. The minimum atomic E-state index is -0.236. The van der Waals surface area contributed by atoms with Crippen LogP contribution < -0.4 is 10.1 Å². The molecule has 0 bridgehead atoms. The minimum absolute atomic E-state index is 0.00254. The third kappa shape index (κ3) is 3.89. The van der Waals surface area contributed by atoms with Crippen LogP contribution in [-0.2, 0) is 10.2 Å². The third-order valence-corrected chi connectivity index (χ3v) is 4.33. The molecule has 4 heteroatoms. The van der Waals surface area contributed by atoms with Crippen molar-refractivity contribution in [3.05, 3.63) is 65.5 Å². The van der Waals surface area contributed by atoms with Crippen molar-refractivity contribution in [2.45, 2.75) is 25.2 Å². The van der Waals surface area contributed by atoms with Crippen molar-refractivity contribution >= 4 is 5.91 Å². The van der Waals surface area contributed by atoms with Crippen LogP contribution in [0.1, 0.15) is 24.0 Å². The van der Waals surface area contributed by atoms with Gasteiger partial charge in [-0.3, -0.25) is 4.79 Å². The van der Waals surface area contributed by atoms with Crippen LogP contribution in [-0.4, -0.2) is 19.1 Å². The lowest BCUT2D eigenvalue weighted by Gasteiger charge is -2.17. The predicted octanol–water partition coefficient (Wildman–Crippen LogP) is 3.36. The number of rotatable bonds is 6. The molecule has 1 aliphatic rings. The van der Waals surface area contributed by atoms with E-state index in [9.17, 15) is 9.18 Å². The monoisotopic (exact) mass is 313 g/mol. The van der Waals surface area contributed by atoms with E-state index in [2.05, 4.69) is 5.32 Å². The molecule has 0 aliphatic heterocycles. The topological polar surface area (TPSA) is 38.3 Å². The fourth-order valence-corrected chi connectivity index (χ4v) is 2.62. The van der Waals surface area contributed by atoms with Crippen molar-refractivity contribution in [3.63, 3.8) is 0 Å². The zero-order valence-electron chi connectivity index (χ0n) is 13.1. The highest BCUT2D eigenvalue weighted by Crippen LogP contribution is 2.47. The standard InChI is InChI=1S/C19H20FNO2/c1-14-2-8-17(9-3-14)23-12-18(22)21-13-19(10-11-19)15-4-6-16(20)7-5-15/h2-9H,10-13H2,1H3,(H,21,22). The number of hydrogen-bond donors (Lipinski definition) is 1. The van der Waals surface area contributed by atoms with Crippen molar-refractivity contribution in [1.82, 2.24) is 5.32 Å². The van der Waals surface area contributed by atoms with E-state index in [1.54, 1.807) is 12.1 Å². The molecule has 1 saturated carbocycles. The second-order valence-corrected chi connectivity index (χ2v) is 6.17. The Labute approximate surface area is 135 Å². The quantitative estimate of drug-likeness (QED) is 0.888. The van der Waals surface area contributed by atoms with E-state index in [4.69, 9.17) is 4.74 Å². The van der Waals surface area contributed by atoms with Crippen molar-refractivity contribution in [2.75, 3.05) is 13.2 Å². The molecule has 0 radical (unpaired) electrons. The van der Waals surface area contributed by atoms with E-state index in [-0.39, 0.29) is 23.7 Å². The van der Waals surface area contributed by atoms with Crippen molar-refractivity contribution in [2.24, 2.45) is 0 Å². The lowest BCUT2D eigenvalue weighted by Crippen LogP contribution is -2.35. The number of nitrogens with one attached hydrogen (secondary N) is 1. The molecule has 2 aromatic carbocycles. The van der Waals surface area contributed by atoms with E-state index in [0.717, 1.165) is 24.0 Å². The molecule has 1 N–H and O–H groups in total.